The molecule has 0 rings (SSSR count). The molecule has 0 aromatic carbocycles. The highest BCUT2D eigenvalue weighted by Gasteiger charge is 2.35. The number of unbranched alkanes of at least 4 members (excludes halogenated alkanes) is 1. The summed E-state index contributed by atoms with van der Waals surface area (Å²) in [5.41, 5.74) is 16.4. The van der Waals surface area contributed by atoms with Crippen molar-refractivity contribution in [2.24, 2.45) is 29.0 Å². The molecule has 16 N–H and O–H groups in total. The van der Waals surface area contributed by atoms with Crippen molar-refractivity contribution in [3.8, 4) is 0 Å². The van der Waals surface area contributed by atoms with Crippen molar-refractivity contribution in [2.75, 3.05) is 18.8 Å². The van der Waals surface area contributed by atoms with Gasteiger partial charge in [0.2, 0.25) is 47.3 Å². The van der Waals surface area contributed by atoms with E-state index in [1.54, 1.807) is 27.7 Å². The van der Waals surface area contributed by atoms with Crippen molar-refractivity contribution < 1.29 is 63.3 Å². The number of carboxylic acids is 2. The topological polar surface area (TPSA) is 394 Å². The lowest BCUT2D eigenvalue weighted by molar-refractivity contribution is -0.143. The van der Waals surface area contributed by atoms with Gasteiger partial charge in [-0.25, -0.2) is 4.79 Å². The molecule has 0 heterocycles. The van der Waals surface area contributed by atoms with Crippen LogP contribution in [0.25, 0.3) is 0 Å². The molecule has 0 aromatic rings. The first kappa shape index (κ1) is 53.9. The number of carbonyl (C=O) groups excluding carboxylic acids is 8. The highest BCUT2D eigenvalue weighted by molar-refractivity contribution is 7.80. The summed E-state index contributed by atoms with van der Waals surface area (Å²) in [5, 5.41) is 45.1. The van der Waals surface area contributed by atoms with Gasteiger partial charge in [0.25, 0.3) is 0 Å². The van der Waals surface area contributed by atoms with Crippen LogP contribution in [0.1, 0.15) is 79.6 Å². The monoisotopic (exact) mass is 862 g/mol. The molecule has 0 spiro atoms. The van der Waals surface area contributed by atoms with Gasteiger partial charge in [0.05, 0.1) is 25.1 Å². The summed E-state index contributed by atoms with van der Waals surface area (Å²) in [7, 11) is 0. The number of aliphatic hydroxyl groups excluding tert-OH is 1. The fourth-order valence-electron chi connectivity index (χ4n) is 5.22. The lowest BCUT2D eigenvalue weighted by Gasteiger charge is -2.30. The average Bonchev–Trinajstić information content (AvgIpc) is 3.16. The third-order valence-electron chi connectivity index (χ3n) is 8.97. The maximum absolute atomic E-state index is 13.7. The molecule has 8 amide bonds. The van der Waals surface area contributed by atoms with Crippen LogP contribution in [-0.4, -0.2) is 142 Å². The average molecular weight is 863 g/mol. The van der Waals surface area contributed by atoms with Crippen LogP contribution in [0.15, 0.2) is 0 Å². The lowest BCUT2D eigenvalue weighted by Crippen LogP contribution is -2.62. The van der Waals surface area contributed by atoms with Crippen LogP contribution in [0, 0.1) is 11.8 Å². The number of hydrogen-bond donors (Lipinski definition) is 14. The Hall–Kier alpha value is -5.07. The van der Waals surface area contributed by atoms with Crippen molar-refractivity contribution in [1.82, 2.24) is 37.2 Å². The van der Waals surface area contributed by atoms with Crippen molar-refractivity contribution in [2.45, 2.75) is 128 Å². The predicted octanol–water partition coefficient (Wildman–Crippen LogP) is -4.69. The molecule has 0 aliphatic carbocycles. The number of carboxylic acid groups (broad SMARTS) is 2. The molecule has 0 aliphatic rings. The predicted molar refractivity (Wildman–Crippen MR) is 214 cm³/mol. The third-order valence-corrected chi connectivity index (χ3v) is 9.33. The number of aliphatic carboxylic acids is 2. The van der Waals surface area contributed by atoms with Crippen LogP contribution < -0.4 is 54.4 Å². The molecule has 0 saturated heterocycles. The van der Waals surface area contributed by atoms with E-state index in [-0.39, 0.29) is 25.1 Å². The van der Waals surface area contributed by atoms with Gasteiger partial charge in [-0.1, -0.05) is 34.1 Å². The van der Waals surface area contributed by atoms with Crippen molar-refractivity contribution in [1.29, 1.82) is 0 Å². The summed E-state index contributed by atoms with van der Waals surface area (Å²) in [6.07, 6.45) is -1.59. The van der Waals surface area contributed by atoms with Gasteiger partial charge in [-0.05, 0) is 51.0 Å². The van der Waals surface area contributed by atoms with E-state index in [4.69, 9.17) is 22.3 Å². The number of primary amides is 1. The zero-order chi connectivity index (χ0) is 45.6. The molecular formula is C35H62N10O13S. The Morgan fingerprint density at radius 2 is 1.20 bits per heavy atom. The molecule has 0 radical (unpaired) electrons. The van der Waals surface area contributed by atoms with E-state index in [2.05, 4.69) is 49.8 Å². The summed E-state index contributed by atoms with van der Waals surface area (Å²) in [6.45, 7) is 7.36. The molecule has 0 fully saturated rings. The van der Waals surface area contributed by atoms with Gasteiger partial charge < -0.3 is 69.7 Å². The van der Waals surface area contributed by atoms with Gasteiger partial charge >= 0.3 is 11.9 Å². The SMILES string of the molecule is CC[C@H](C)[C@H](NC(=O)[C@H](CCCCN)NC(=O)[C@@H](NC(=O)[C@@H](NC(=O)[C@@H](N)CCC(=O)O)[C@@H](C)O)C(C)C)C(=O)NCC(=O)N[C@@H](CS)C(=O)N[C@@H](CC(N)=O)C(=O)O. The quantitative estimate of drug-likeness (QED) is 0.0248. The highest BCUT2D eigenvalue weighted by Crippen LogP contribution is 2.12. The van der Waals surface area contributed by atoms with Crippen molar-refractivity contribution in [3.05, 3.63) is 0 Å². The summed E-state index contributed by atoms with van der Waals surface area (Å²) in [4.78, 5) is 125. The second kappa shape index (κ2) is 27.6. The van der Waals surface area contributed by atoms with Gasteiger partial charge in [0, 0.05) is 12.2 Å². The Morgan fingerprint density at radius 3 is 1.69 bits per heavy atom. The summed E-state index contributed by atoms with van der Waals surface area (Å²) in [5.74, 6) is -11.3. The van der Waals surface area contributed by atoms with Gasteiger partial charge in [0.1, 0.15) is 36.3 Å². The number of aliphatic hydroxyl groups is 1. The molecule has 0 unspecified atom stereocenters. The largest absolute Gasteiger partial charge is 0.481 e. The maximum atomic E-state index is 13.7. The number of hydrogen-bond acceptors (Lipinski definition) is 14. The van der Waals surface area contributed by atoms with Gasteiger partial charge in [-0.3, -0.25) is 43.2 Å². The first-order chi connectivity index (χ1) is 27.5. The molecular weight excluding hydrogens is 801 g/mol. The minimum Gasteiger partial charge on any atom is -0.481 e. The van der Waals surface area contributed by atoms with E-state index in [1.807, 2.05) is 0 Å². The number of rotatable bonds is 29. The van der Waals surface area contributed by atoms with E-state index >= 15 is 0 Å². The molecule has 9 atom stereocenters. The van der Waals surface area contributed by atoms with Gasteiger partial charge in [-0.15, -0.1) is 0 Å². The molecule has 0 bridgehead atoms. The number of amides is 8. The highest BCUT2D eigenvalue weighted by atomic mass is 32.1. The number of thiol groups is 1. The Kier molecular flexibility index (Phi) is 25.2. The van der Waals surface area contributed by atoms with Crippen molar-refractivity contribution >= 4 is 71.8 Å². The summed E-state index contributed by atoms with van der Waals surface area (Å²) >= 11 is 4.00. The summed E-state index contributed by atoms with van der Waals surface area (Å²) in [6, 6.07) is -9.73. The molecule has 336 valence electrons. The molecule has 0 aliphatic heterocycles. The minimum atomic E-state index is -1.66. The molecule has 59 heavy (non-hydrogen) atoms. The smallest absolute Gasteiger partial charge is 0.326 e. The van der Waals surface area contributed by atoms with Crippen LogP contribution in [-0.2, 0) is 47.9 Å². The molecule has 0 aromatic heterocycles. The fraction of sp³-hybridized carbons (Fsp3) is 0.714. The van der Waals surface area contributed by atoms with E-state index in [1.165, 1.54) is 6.92 Å². The van der Waals surface area contributed by atoms with Gasteiger partial charge in [0.15, 0.2) is 0 Å². The zero-order valence-corrected chi connectivity index (χ0v) is 34.8. The van der Waals surface area contributed by atoms with Crippen LogP contribution in [0.4, 0.5) is 0 Å². The normalized spacial score (nSPS) is 15.6. The molecule has 0 saturated carbocycles. The van der Waals surface area contributed by atoms with Crippen molar-refractivity contribution in [3.63, 3.8) is 0 Å². The molecule has 23 nitrogen and oxygen atoms in total. The van der Waals surface area contributed by atoms with Crippen LogP contribution in [0.2, 0.25) is 0 Å². The van der Waals surface area contributed by atoms with Crippen LogP contribution in [0.3, 0.4) is 0 Å². The standard InChI is InChI=1S/C35H62N10O13S/c1-6-17(4)27(32(54)39-14-24(48)40-22(15-59)31(53)42-21(35(57)58)13-23(38)47)44-30(52)20(9-7-8-12-36)41-33(55)26(16(2)3)43-34(56)28(18(5)46)45-29(51)19(37)10-11-25(49)50/h16-22,26-28,46,59H,6-15,36-37H2,1-5H3,(H2,38,47)(H,39,54)(H,40,48)(H,41,55)(H,42,53)(H,43,56)(H,44,52)(H,45,51)(H,49,50)(H,57,58)/t17-,18+,19-,20-,21-,22-,26-,27-,28-/m0/s1. The van der Waals surface area contributed by atoms with Crippen LogP contribution in [0.5, 0.6) is 0 Å². The Labute approximate surface area is 347 Å². The summed E-state index contributed by atoms with van der Waals surface area (Å²) < 4.78 is 0. The number of nitrogens with one attached hydrogen (secondary N) is 7. The first-order valence-electron chi connectivity index (χ1n) is 19.1. The van der Waals surface area contributed by atoms with E-state index in [0.29, 0.717) is 19.3 Å². The number of nitrogens with two attached hydrogens (primary N) is 3. The van der Waals surface area contributed by atoms with E-state index in [0.717, 1.165) is 0 Å². The second-order valence-corrected chi connectivity index (χ2v) is 14.7. The van der Waals surface area contributed by atoms with Crippen LogP contribution >= 0.6 is 12.6 Å². The fourth-order valence-corrected chi connectivity index (χ4v) is 5.48. The Morgan fingerprint density at radius 1 is 0.661 bits per heavy atom. The van der Waals surface area contributed by atoms with E-state index < -0.39 is 139 Å². The number of carbonyl (C=O) groups is 10. The lowest BCUT2D eigenvalue weighted by atomic mass is 9.97. The minimum absolute atomic E-state index is 0.0563. The van der Waals surface area contributed by atoms with Gasteiger partial charge in [-0.2, -0.15) is 12.6 Å². The second-order valence-electron chi connectivity index (χ2n) is 14.3. The zero-order valence-electron chi connectivity index (χ0n) is 33.9. The molecule has 24 heteroatoms. The third kappa shape index (κ3) is 20.5. The Balaban J connectivity index is 5.97. The maximum Gasteiger partial charge on any atom is 0.326 e. The van der Waals surface area contributed by atoms with E-state index in [9.17, 15) is 58.2 Å². The Bertz CT molecular complexity index is 1480. The first-order valence-corrected chi connectivity index (χ1v) is 19.7.